The summed E-state index contributed by atoms with van der Waals surface area (Å²) in [5, 5.41) is 9.93. The van der Waals surface area contributed by atoms with Crippen molar-refractivity contribution >= 4 is 34.8 Å². The summed E-state index contributed by atoms with van der Waals surface area (Å²) >= 11 is 5.87. The zero-order chi connectivity index (χ0) is 19.4. The molecule has 7 nitrogen and oxygen atoms in total. The molecule has 27 heavy (non-hydrogen) atoms. The largest absolute Gasteiger partial charge is 0.326 e. The average Bonchev–Trinajstić information content (AvgIpc) is 2.64. The first kappa shape index (κ1) is 18.3. The van der Waals surface area contributed by atoms with Crippen LogP contribution >= 0.6 is 11.6 Å². The van der Waals surface area contributed by atoms with Crippen LogP contribution in [-0.2, 0) is 4.79 Å². The highest BCUT2D eigenvalue weighted by Crippen LogP contribution is 2.15. The van der Waals surface area contributed by atoms with Gasteiger partial charge in [-0.1, -0.05) is 11.6 Å². The van der Waals surface area contributed by atoms with Gasteiger partial charge in [0.2, 0.25) is 11.3 Å². The first-order valence-corrected chi connectivity index (χ1v) is 8.35. The Morgan fingerprint density at radius 3 is 2.11 bits per heavy atom. The molecule has 136 valence electrons. The van der Waals surface area contributed by atoms with Crippen molar-refractivity contribution in [3.63, 3.8) is 0 Å². The summed E-state index contributed by atoms with van der Waals surface area (Å²) in [6, 6.07) is 14.6. The molecule has 3 aromatic rings. The summed E-state index contributed by atoms with van der Waals surface area (Å²) in [5.41, 5.74) is 1.000. The van der Waals surface area contributed by atoms with Gasteiger partial charge in [-0.15, -0.1) is 0 Å². The standard InChI is InChI=1S/C19H15ClN4O3/c1-12(25)21-14-4-6-15(7-5-14)22-19(27)18-17(26)10-11-24(23-18)16-8-2-13(20)3-9-16/h2-11H,1H3,(H,21,25)(H,22,27). The number of aromatic nitrogens is 2. The second kappa shape index (κ2) is 7.84. The van der Waals surface area contributed by atoms with E-state index in [2.05, 4.69) is 15.7 Å². The van der Waals surface area contributed by atoms with Crippen LogP contribution in [0.4, 0.5) is 11.4 Å². The van der Waals surface area contributed by atoms with E-state index in [9.17, 15) is 14.4 Å². The number of carbonyl (C=O) groups is 2. The van der Waals surface area contributed by atoms with Crippen LogP contribution < -0.4 is 16.1 Å². The van der Waals surface area contributed by atoms with Crippen LogP contribution in [0.2, 0.25) is 5.02 Å². The predicted molar refractivity (Wildman–Crippen MR) is 104 cm³/mol. The van der Waals surface area contributed by atoms with Gasteiger partial charge in [0, 0.05) is 35.6 Å². The summed E-state index contributed by atoms with van der Waals surface area (Å²) in [6.45, 7) is 1.41. The van der Waals surface area contributed by atoms with E-state index in [-0.39, 0.29) is 11.6 Å². The Balaban J connectivity index is 1.82. The molecule has 0 radical (unpaired) electrons. The number of hydrogen-bond acceptors (Lipinski definition) is 4. The Bertz CT molecular complexity index is 1040. The molecule has 8 heteroatoms. The molecule has 0 unspecified atom stereocenters. The number of amides is 2. The van der Waals surface area contributed by atoms with Crippen molar-refractivity contribution in [1.29, 1.82) is 0 Å². The van der Waals surface area contributed by atoms with Crippen LogP contribution in [0.25, 0.3) is 5.69 Å². The van der Waals surface area contributed by atoms with Crippen molar-refractivity contribution in [2.75, 3.05) is 10.6 Å². The zero-order valence-corrected chi connectivity index (χ0v) is 15.0. The van der Waals surface area contributed by atoms with E-state index in [0.717, 1.165) is 0 Å². The second-order valence-electron chi connectivity index (χ2n) is 5.66. The maximum Gasteiger partial charge on any atom is 0.280 e. The molecule has 2 aromatic carbocycles. The van der Waals surface area contributed by atoms with Gasteiger partial charge < -0.3 is 10.6 Å². The topological polar surface area (TPSA) is 93.1 Å². The zero-order valence-electron chi connectivity index (χ0n) is 14.3. The Labute approximate surface area is 159 Å². The molecule has 1 heterocycles. The SMILES string of the molecule is CC(=O)Nc1ccc(NC(=O)c2nn(-c3ccc(Cl)cc3)ccc2=O)cc1. The van der Waals surface area contributed by atoms with Crippen LogP contribution in [0.5, 0.6) is 0 Å². The third-order valence-electron chi connectivity index (χ3n) is 3.58. The van der Waals surface area contributed by atoms with Crippen molar-refractivity contribution in [3.8, 4) is 5.69 Å². The maximum absolute atomic E-state index is 12.5. The summed E-state index contributed by atoms with van der Waals surface area (Å²) in [5.74, 6) is -0.821. The quantitative estimate of drug-likeness (QED) is 0.725. The van der Waals surface area contributed by atoms with Gasteiger partial charge in [-0.05, 0) is 48.5 Å². The van der Waals surface area contributed by atoms with E-state index < -0.39 is 11.3 Å². The molecule has 0 saturated heterocycles. The lowest BCUT2D eigenvalue weighted by Crippen LogP contribution is -2.25. The first-order chi connectivity index (χ1) is 12.9. The van der Waals surface area contributed by atoms with Gasteiger partial charge in [0.15, 0.2) is 5.69 Å². The van der Waals surface area contributed by atoms with Crippen LogP contribution in [0.15, 0.2) is 65.6 Å². The number of nitrogens with zero attached hydrogens (tertiary/aromatic N) is 2. The predicted octanol–water partition coefficient (Wildman–Crippen LogP) is 3.10. The number of halogens is 1. The molecule has 0 atom stereocenters. The highest BCUT2D eigenvalue weighted by molar-refractivity contribution is 6.30. The van der Waals surface area contributed by atoms with E-state index in [1.54, 1.807) is 48.5 Å². The third-order valence-corrected chi connectivity index (χ3v) is 3.83. The second-order valence-corrected chi connectivity index (χ2v) is 6.10. The fourth-order valence-electron chi connectivity index (χ4n) is 2.33. The minimum absolute atomic E-state index is 0.192. The molecule has 0 bridgehead atoms. The molecule has 0 saturated carbocycles. The van der Waals surface area contributed by atoms with Crippen molar-refractivity contribution in [1.82, 2.24) is 9.78 Å². The lowest BCUT2D eigenvalue weighted by Gasteiger charge is -2.09. The van der Waals surface area contributed by atoms with Gasteiger partial charge in [-0.25, -0.2) is 4.68 Å². The molecular formula is C19H15ClN4O3. The van der Waals surface area contributed by atoms with Crippen molar-refractivity contribution in [2.24, 2.45) is 0 Å². The number of hydrogen-bond donors (Lipinski definition) is 2. The lowest BCUT2D eigenvalue weighted by molar-refractivity contribution is -0.114. The number of anilines is 2. The van der Waals surface area contributed by atoms with Crippen LogP contribution in [0, 0.1) is 0 Å². The Hall–Kier alpha value is -3.45. The average molecular weight is 383 g/mol. The Kier molecular flexibility index (Phi) is 5.33. The molecule has 0 aliphatic carbocycles. The normalized spacial score (nSPS) is 10.3. The molecule has 1 aromatic heterocycles. The van der Waals surface area contributed by atoms with Gasteiger partial charge in [0.05, 0.1) is 5.69 Å². The highest BCUT2D eigenvalue weighted by Gasteiger charge is 2.14. The summed E-state index contributed by atoms with van der Waals surface area (Å²) in [6.07, 6.45) is 1.48. The molecule has 0 aliphatic rings. The van der Waals surface area contributed by atoms with Crippen LogP contribution in [0.1, 0.15) is 17.4 Å². The van der Waals surface area contributed by atoms with Gasteiger partial charge in [-0.3, -0.25) is 14.4 Å². The third kappa shape index (κ3) is 4.59. The molecule has 0 aliphatic heterocycles. The van der Waals surface area contributed by atoms with Crippen molar-refractivity contribution in [2.45, 2.75) is 6.92 Å². The number of rotatable bonds is 4. The van der Waals surface area contributed by atoms with E-state index in [0.29, 0.717) is 22.1 Å². The monoisotopic (exact) mass is 382 g/mol. The minimum atomic E-state index is -0.629. The Morgan fingerprint density at radius 1 is 0.926 bits per heavy atom. The first-order valence-electron chi connectivity index (χ1n) is 7.97. The lowest BCUT2D eigenvalue weighted by atomic mass is 10.2. The smallest absolute Gasteiger partial charge is 0.280 e. The summed E-state index contributed by atoms with van der Waals surface area (Å²) in [7, 11) is 0. The van der Waals surface area contributed by atoms with E-state index in [1.807, 2.05) is 0 Å². The number of nitrogens with one attached hydrogen (secondary N) is 2. The van der Waals surface area contributed by atoms with Crippen molar-refractivity contribution < 1.29 is 9.59 Å². The van der Waals surface area contributed by atoms with Gasteiger partial charge in [0.25, 0.3) is 5.91 Å². The fraction of sp³-hybridized carbons (Fsp3) is 0.0526. The van der Waals surface area contributed by atoms with Gasteiger partial charge in [-0.2, -0.15) is 5.10 Å². The molecular weight excluding hydrogens is 368 g/mol. The molecule has 0 spiro atoms. The molecule has 0 fully saturated rings. The Morgan fingerprint density at radius 2 is 1.52 bits per heavy atom. The van der Waals surface area contributed by atoms with Crippen LogP contribution in [0.3, 0.4) is 0 Å². The minimum Gasteiger partial charge on any atom is -0.326 e. The van der Waals surface area contributed by atoms with E-state index >= 15 is 0 Å². The molecule has 2 N–H and O–H groups in total. The van der Waals surface area contributed by atoms with Gasteiger partial charge >= 0.3 is 0 Å². The molecule has 3 rings (SSSR count). The van der Waals surface area contributed by atoms with E-state index in [1.165, 1.54) is 23.9 Å². The number of carbonyl (C=O) groups excluding carboxylic acids is 2. The summed E-state index contributed by atoms with van der Waals surface area (Å²) in [4.78, 5) is 35.5. The van der Waals surface area contributed by atoms with Crippen molar-refractivity contribution in [3.05, 3.63) is 81.7 Å². The summed E-state index contributed by atoms with van der Waals surface area (Å²) < 4.78 is 1.42. The van der Waals surface area contributed by atoms with Crippen LogP contribution in [-0.4, -0.2) is 21.6 Å². The number of benzene rings is 2. The highest BCUT2D eigenvalue weighted by atomic mass is 35.5. The van der Waals surface area contributed by atoms with E-state index in [4.69, 9.17) is 11.6 Å². The maximum atomic E-state index is 12.5. The fourth-order valence-corrected chi connectivity index (χ4v) is 2.46. The van der Waals surface area contributed by atoms with Gasteiger partial charge in [0.1, 0.15) is 0 Å². The molecule has 2 amide bonds.